The Morgan fingerprint density at radius 2 is 1.02 bits per heavy atom. The Kier molecular flexibility index (Phi) is 6.46. The van der Waals surface area contributed by atoms with Crippen LogP contribution in [-0.4, -0.2) is 5.71 Å². The standard InChI is InChI=1S/C38H27FN2/c39-31-21-19-27(20-22-31)26-15-17-28(18-16-26)32-23-24-35(34-14-8-7-13-33(32)34)37-25-36(29-9-3-1-4-10-29)40-38(41-37)30-11-5-2-6-12-30/h1-25,38,41H. The van der Waals surface area contributed by atoms with Crippen molar-refractivity contribution in [1.29, 1.82) is 0 Å². The topological polar surface area (TPSA) is 24.4 Å². The molecule has 0 aromatic heterocycles. The van der Waals surface area contributed by atoms with E-state index in [1.165, 1.54) is 28.5 Å². The van der Waals surface area contributed by atoms with Crippen molar-refractivity contribution >= 4 is 22.2 Å². The normalized spacial score (nSPS) is 14.7. The van der Waals surface area contributed by atoms with Crippen LogP contribution in [0.1, 0.15) is 22.9 Å². The molecule has 0 saturated carbocycles. The Bertz CT molecular complexity index is 1890. The van der Waals surface area contributed by atoms with E-state index in [4.69, 9.17) is 4.99 Å². The smallest absolute Gasteiger partial charge is 0.145 e. The Balaban J connectivity index is 1.30. The average molecular weight is 531 g/mol. The number of allylic oxidation sites excluding steroid dienone is 1. The minimum absolute atomic E-state index is 0.191. The van der Waals surface area contributed by atoms with Crippen LogP contribution in [-0.2, 0) is 0 Å². The highest BCUT2D eigenvalue weighted by atomic mass is 19.1. The van der Waals surface area contributed by atoms with E-state index in [0.29, 0.717) is 0 Å². The largest absolute Gasteiger partial charge is 0.359 e. The van der Waals surface area contributed by atoms with Gasteiger partial charge < -0.3 is 5.32 Å². The van der Waals surface area contributed by atoms with Gasteiger partial charge in [0, 0.05) is 11.3 Å². The van der Waals surface area contributed by atoms with Crippen LogP contribution in [0.2, 0.25) is 0 Å². The van der Waals surface area contributed by atoms with Crippen LogP contribution in [0.3, 0.4) is 0 Å². The van der Waals surface area contributed by atoms with Gasteiger partial charge in [0.2, 0.25) is 0 Å². The molecule has 6 aromatic carbocycles. The molecule has 0 radical (unpaired) electrons. The molecule has 1 aliphatic heterocycles. The molecule has 0 spiro atoms. The second-order valence-electron chi connectivity index (χ2n) is 10.2. The molecule has 196 valence electrons. The van der Waals surface area contributed by atoms with E-state index in [0.717, 1.165) is 44.8 Å². The number of benzene rings is 6. The molecule has 0 amide bonds. The zero-order valence-corrected chi connectivity index (χ0v) is 22.3. The number of nitrogens with zero attached hydrogens (tertiary/aromatic N) is 1. The SMILES string of the molecule is Fc1ccc(-c2ccc(-c3ccc(C4=CC(c5ccccc5)=NC(c5ccccc5)N4)c4ccccc34)cc2)cc1. The molecule has 1 atom stereocenters. The maximum absolute atomic E-state index is 13.4. The monoisotopic (exact) mass is 530 g/mol. The summed E-state index contributed by atoms with van der Waals surface area (Å²) in [5.74, 6) is -0.225. The molecule has 41 heavy (non-hydrogen) atoms. The molecule has 0 fully saturated rings. The first-order valence-electron chi connectivity index (χ1n) is 13.8. The summed E-state index contributed by atoms with van der Waals surface area (Å²) in [6, 6.07) is 48.8. The van der Waals surface area contributed by atoms with Crippen molar-refractivity contribution in [1.82, 2.24) is 5.32 Å². The number of hydrogen-bond donors (Lipinski definition) is 1. The van der Waals surface area contributed by atoms with Crippen LogP contribution in [0, 0.1) is 5.82 Å². The lowest BCUT2D eigenvalue weighted by molar-refractivity contribution is 0.628. The molecule has 1 N–H and O–H groups in total. The van der Waals surface area contributed by atoms with Crippen LogP contribution >= 0.6 is 0 Å². The van der Waals surface area contributed by atoms with Crippen LogP contribution in [0.5, 0.6) is 0 Å². The van der Waals surface area contributed by atoms with Gasteiger partial charge in [-0.05, 0) is 62.4 Å². The third-order valence-electron chi connectivity index (χ3n) is 7.61. The summed E-state index contributed by atoms with van der Waals surface area (Å²) in [7, 11) is 0. The zero-order valence-electron chi connectivity index (χ0n) is 22.3. The lowest BCUT2D eigenvalue weighted by Gasteiger charge is -2.26. The van der Waals surface area contributed by atoms with Gasteiger partial charge in [-0.2, -0.15) is 0 Å². The average Bonchev–Trinajstić information content (AvgIpc) is 3.05. The van der Waals surface area contributed by atoms with Gasteiger partial charge in [-0.1, -0.05) is 133 Å². The molecule has 1 heterocycles. The van der Waals surface area contributed by atoms with Crippen molar-refractivity contribution in [2.24, 2.45) is 4.99 Å². The molecule has 0 aliphatic carbocycles. The summed E-state index contributed by atoms with van der Waals surface area (Å²) >= 11 is 0. The Labute approximate surface area is 239 Å². The summed E-state index contributed by atoms with van der Waals surface area (Å²) < 4.78 is 13.4. The van der Waals surface area contributed by atoms with E-state index in [2.05, 4.69) is 121 Å². The maximum Gasteiger partial charge on any atom is 0.145 e. The minimum Gasteiger partial charge on any atom is -0.359 e. The van der Waals surface area contributed by atoms with Crippen molar-refractivity contribution in [3.63, 3.8) is 0 Å². The van der Waals surface area contributed by atoms with Crippen LogP contribution in [0.25, 0.3) is 38.7 Å². The van der Waals surface area contributed by atoms with Gasteiger partial charge in [0.25, 0.3) is 0 Å². The highest BCUT2D eigenvalue weighted by Crippen LogP contribution is 2.36. The minimum atomic E-state index is -0.225. The third-order valence-corrected chi connectivity index (χ3v) is 7.61. The fourth-order valence-electron chi connectivity index (χ4n) is 5.52. The first kappa shape index (κ1) is 24.7. The zero-order chi connectivity index (χ0) is 27.6. The van der Waals surface area contributed by atoms with Gasteiger partial charge in [-0.25, -0.2) is 4.39 Å². The fourth-order valence-corrected chi connectivity index (χ4v) is 5.52. The quantitative estimate of drug-likeness (QED) is 0.236. The maximum atomic E-state index is 13.4. The second-order valence-corrected chi connectivity index (χ2v) is 10.2. The van der Waals surface area contributed by atoms with Crippen LogP contribution < -0.4 is 5.32 Å². The van der Waals surface area contributed by atoms with Gasteiger partial charge in [0.1, 0.15) is 12.0 Å². The van der Waals surface area contributed by atoms with E-state index in [9.17, 15) is 4.39 Å². The number of aliphatic imine (C=N–C) groups is 1. The summed E-state index contributed by atoms with van der Waals surface area (Å²) in [5, 5.41) is 6.07. The number of fused-ring (bicyclic) bond motifs is 1. The summed E-state index contributed by atoms with van der Waals surface area (Å²) in [5.41, 5.74) is 9.71. The molecule has 2 nitrogen and oxygen atoms in total. The predicted octanol–water partition coefficient (Wildman–Crippen LogP) is 9.45. The Hall–Kier alpha value is -5.28. The molecule has 0 saturated heterocycles. The fraction of sp³-hybridized carbons (Fsp3) is 0.0263. The van der Waals surface area contributed by atoms with E-state index in [-0.39, 0.29) is 12.0 Å². The first-order valence-corrected chi connectivity index (χ1v) is 13.8. The number of nitrogens with one attached hydrogen (secondary N) is 1. The number of hydrogen-bond acceptors (Lipinski definition) is 2. The lowest BCUT2D eigenvalue weighted by Crippen LogP contribution is -2.25. The molecule has 0 bridgehead atoms. The van der Waals surface area contributed by atoms with Crippen LogP contribution in [0.15, 0.2) is 157 Å². The lowest BCUT2D eigenvalue weighted by atomic mass is 9.92. The number of halogens is 1. The van der Waals surface area contributed by atoms with Gasteiger partial charge in [-0.3, -0.25) is 4.99 Å². The van der Waals surface area contributed by atoms with Crippen molar-refractivity contribution in [3.05, 3.63) is 174 Å². The molecule has 1 unspecified atom stereocenters. The van der Waals surface area contributed by atoms with Gasteiger partial charge >= 0.3 is 0 Å². The Morgan fingerprint density at radius 3 is 1.71 bits per heavy atom. The first-order chi connectivity index (χ1) is 20.2. The molecule has 1 aliphatic rings. The highest BCUT2D eigenvalue weighted by molar-refractivity contribution is 6.14. The van der Waals surface area contributed by atoms with Crippen molar-refractivity contribution < 1.29 is 4.39 Å². The molecule has 6 aromatic rings. The Morgan fingerprint density at radius 1 is 0.488 bits per heavy atom. The van der Waals surface area contributed by atoms with Crippen molar-refractivity contribution in [3.8, 4) is 22.3 Å². The number of rotatable bonds is 5. The molecular formula is C38H27FN2. The van der Waals surface area contributed by atoms with E-state index < -0.39 is 0 Å². The van der Waals surface area contributed by atoms with Gasteiger partial charge in [0.15, 0.2) is 0 Å². The second kappa shape index (κ2) is 10.7. The predicted molar refractivity (Wildman–Crippen MR) is 168 cm³/mol. The van der Waals surface area contributed by atoms with E-state index >= 15 is 0 Å². The molecular weight excluding hydrogens is 503 g/mol. The van der Waals surface area contributed by atoms with E-state index in [1.807, 2.05) is 24.3 Å². The summed E-state index contributed by atoms with van der Waals surface area (Å²) in [6.07, 6.45) is 1.97. The van der Waals surface area contributed by atoms with Crippen molar-refractivity contribution in [2.75, 3.05) is 0 Å². The molecule has 7 rings (SSSR count). The summed E-state index contributed by atoms with van der Waals surface area (Å²) in [6.45, 7) is 0. The van der Waals surface area contributed by atoms with Gasteiger partial charge in [-0.15, -0.1) is 0 Å². The van der Waals surface area contributed by atoms with E-state index in [1.54, 1.807) is 0 Å². The third kappa shape index (κ3) is 4.94. The van der Waals surface area contributed by atoms with Crippen molar-refractivity contribution in [2.45, 2.75) is 6.17 Å². The van der Waals surface area contributed by atoms with Gasteiger partial charge in [0.05, 0.1) is 5.71 Å². The van der Waals surface area contributed by atoms with Crippen LogP contribution in [0.4, 0.5) is 4.39 Å². The highest BCUT2D eigenvalue weighted by Gasteiger charge is 2.21. The molecule has 3 heteroatoms. The summed E-state index contributed by atoms with van der Waals surface area (Å²) in [4.78, 5) is 5.09.